The summed E-state index contributed by atoms with van der Waals surface area (Å²) in [6.45, 7) is 0. The summed E-state index contributed by atoms with van der Waals surface area (Å²) >= 11 is 13.2. The number of anilines is 1. The van der Waals surface area contributed by atoms with E-state index in [0.29, 0.717) is 36.9 Å². The number of aromatic nitrogens is 1. The number of nitrogens with two attached hydrogens (primary N) is 1. The van der Waals surface area contributed by atoms with E-state index in [9.17, 15) is 0 Å². The zero-order valence-corrected chi connectivity index (χ0v) is 10.7. The van der Waals surface area contributed by atoms with Gasteiger partial charge in [-0.2, -0.15) is 0 Å². The van der Waals surface area contributed by atoms with E-state index in [4.69, 9.17) is 33.4 Å². The van der Waals surface area contributed by atoms with Gasteiger partial charge in [0, 0.05) is 0 Å². The number of rotatable bonds is 1. The van der Waals surface area contributed by atoms with Gasteiger partial charge in [-0.05, 0) is 18.2 Å². The molecule has 2 aromatic heterocycles. The molecule has 86 valence electrons. The van der Waals surface area contributed by atoms with Crippen molar-refractivity contribution in [2.24, 2.45) is 0 Å². The molecular weight excluding hydrogens is 279 g/mol. The van der Waals surface area contributed by atoms with Gasteiger partial charge in [0.05, 0.1) is 15.6 Å². The number of nitrogen functional groups attached to an aromatic ring is 1. The third-order valence-electron chi connectivity index (χ3n) is 2.34. The van der Waals surface area contributed by atoms with Crippen molar-refractivity contribution in [1.29, 1.82) is 0 Å². The highest BCUT2D eigenvalue weighted by atomic mass is 35.5. The van der Waals surface area contributed by atoms with Gasteiger partial charge in [-0.3, -0.25) is 0 Å². The lowest BCUT2D eigenvalue weighted by molar-refractivity contribution is 0.620. The highest BCUT2D eigenvalue weighted by molar-refractivity contribution is 7.20. The zero-order valence-electron chi connectivity index (χ0n) is 8.41. The van der Waals surface area contributed by atoms with Gasteiger partial charge in [-0.1, -0.05) is 29.3 Å². The van der Waals surface area contributed by atoms with E-state index in [1.807, 2.05) is 12.1 Å². The standard InChI is InChI=1S/C11H6Cl2N2OS/c12-8-4-5(10(13)17-8)11-15-9-6(14)2-1-3-7(9)16-11/h1-4H,14H2. The SMILES string of the molecule is Nc1cccc2oc(-c3cc(Cl)sc3Cl)nc12. The van der Waals surface area contributed by atoms with Gasteiger partial charge in [0.2, 0.25) is 5.89 Å². The summed E-state index contributed by atoms with van der Waals surface area (Å²) in [4.78, 5) is 4.33. The van der Waals surface area contributed by atoms with Crippen molar-refractivity contribution >= 4 is 51.3 Å². The molecule has 0 unspecified atom stereocenters. The van der Waals surface area contributed by atoms with Crippen LogP contribution < -0.4 is 5.73 Å². The summed E-state index contributed by atoms with van der Waals surface area (Å²) in [5.41, 5.74) is 8.36. The Hall–Kier alpha value is -1.23. The second kappa shape index (κ2) is 3.91. The molecule has 0 spiro atoms. The molecule has 1 aromatic carbocycles. The molecule has 0 amide bonds. The smallest absolute Gasteiger partial charge is 0.229 e. The van der Waals surface area contributed by atoms with E-state index in [1.165, 1.54) is 11.3 Å². The van der Waals surface area contributed by atoms with Gasteiger partial charge >= 0.3 is 0 Å². The van der Waals surface area contributed by atoms with Crippen LogP contribution in [0.4, 0.5) is 5.69 Å². The van der Waals surface area contributed by atoms with Crippen LogP contribution in [-0.2, 0) is 0 Å². The summed E-state index contributed by atoms with van der Waals surface area (Å²) in [5.74, 6) is 0.436. The van der Waals surface area contributed by atoms with Gasteiger partial charge < -0.3 is 10.2 Å². The molecular formula is C11H6Cl2N2OS. The summed E-state index contributed by atoms with van der Waals surface area (Å²) in [6.07, 6.45) is 0. The molecule has 3 aromatic rings. The lowest BCUT2D eigenvalue weighted by Crippen LogP contribution is -1.84. The molecule has 0 radical (unpaired) electrons. The molecule has 3 nitrogen and oxygen atoms in total. The Labute approximate surface area is 111 Å². The van der Waals surface area contributed by atoms with Crippen molar-refractivity contribution in [3.8, 4) is 11.5 Å². The molecule has 0 aliphatic rings. The average molecular weight is 285 g/mol. The van der Waals surface area contributed by atoms with Crippen LogP contribution in [0.15, 0.2) is 28.7 Å². The number of thiophene rings is 1. The zero-order chi connectivity index (χ0) is 12.0. The van der Waals surface area contributed by atoms with E-state index >= 15 is 0 Å². The minimum Gasteiger partial charge on any atom is -0.436 e. The second-order valence-electron chi connectivity index (χ2n) is 3.45. The van der Waals surface area contributed by atoms with Crippen LogP contribution in [0.2, 0.25) is 8.67 Å². The van der Waals surface area contributed by atoms with Gasteiger partial charge in [-0.25, -0.2) is 4.98 Å². The predicted molar refractivity (Wildman–Crippen MR) is 71.8 cm³/mol. The first-order chi connectivity index (χ1) is 8.15. The maximum absolute atomic E-state index is 6.05. The number of nitrogens with zero attached hydrogens (tertiary/aromatic N) is 1. The van der Waals surface area contributed by atoms with Crippen molar-refractivity contribution in [1.82, 2.24) is 4.98 Å². The molecule has 0 aliphatic heterocycles. The minimum absolute atomic E-state index is 0.436. The third-order valence-corrected chi connectivity index (χ3v) is 3.82. The van der Waals surface area contributed by atoms with Gasteiger partial charge in [0.25, 0.3) is 0 Å². The van der Waals surface area contributed by atoms with E-state index in [2.05, 4.69) is 4.98 Å². The first-order valence-corrected chi connectivity index (χ1v) is 6.32. The van der Waals surface area contributed by atoms with Crippen LogP contribution in [0.5, 0.6) is 0 Å². The number of fused-ring (bicyclic) bond motifs is 1. The van der Waals surface area contributed by atoms with Crippen LogP contribution in [0.25, 0.3) is 22.6 Å². The number of para-hydroxylation sites is 1. The number of oxazole rings is 1. The Morgan fingerprint density at radius 2 is 2.12 bits per heavy atom. The molecule has 2 N–H and O–H groups in total. The number of halogens is 2. The van der Waals surface area contributed by atoms with Crippen molar-refractivity contribution in [3.05, 3.63) is 32.9 Å². The third kappa shape index (κ3) is 1.78. The molecule has 0 aliphatic carbocycles. The molecule has 2 heterocycles. The maximum Gasteiger partial charge on any atom is 0.229 e. The first kappa shape index (κ1) is 10.9. The molecule has 0 saturated carbocycles. The molecule has 6 heteroatoms. The van der Waals surface area contributed by atoms with E-state index in [1.54, 1.807) is 12.1 Å². The quantitative estimate of drug-likeness (QED) is 0.672. The molecule has 17 heavy (non-hydrogen) atoms. The van der Waals surface area contributed by atoms with Crippen molar-refractivity contribution in [3.63, 3.8) is 0 Å². The van der Waals surface area contributed by atoms with Gasteiger partial charge in [-0.15, -0.1) is 11.3 Å². The van der Waals surface area contributed by atoms with Crippen LogP contribution in [0.1, 0.15) is 0 Å². The van der Waals surface area contributed by atoms with Crippen LogP contribution in [0.3, 0.4) is 0 Å². The maximum atomic E-state index is 6.05. The second-order valence-corrected chi connectivity index (χ2v) is 5.74. The topological polar surface area (TPSA) is 52.0 Å². The number of hydrogen-bond donors (Lipinski definition) is 1. The van der Waals surface area contributed by atoms with Crippen LogP contribution in [0, 0.1) is 0 Å². The van der Waals surface area contributed by atoms with Crippen molar-refractivity contribution in [2.45, 2.75) is 0 Å². The number of hydrogen-bond acceptors (Lipinski definition) is 4. The molecule has 0 bridgehead atoms. The van der Waals surface area contributed by atoms with Gasteiger partial charge in [0.1, 0.15) is 9.85 Å². The fraction of sp³-hybridized carbons (Fsp3) is 0. The van der Waals surface area contributed by atoms with E-state index in [0.717, 1.165) is 0 Å². The Kier molecular flexibility index (Phi) is 2.50. The molecule has 0 saturated heterocycles. The Balaban J connectivity index is 2.25. The lowest BCUT2D eigenvalue weighted by Gasteiger charge is -1.89. The summed E-state index contributed by atoms with van der Waals surface area (Å²) in [7, 11) is 0. The highest BCUT2D eigenvalue weighted by Crippen LogP contribution is 2.39. The monoisotopic (exact) mass is 284 g/mol. The first-order valence-electron chi connectivity index (χ1n) is 4.75. The van der Waals surface area contributed by atoms with E-state index < -0.39 is 0 Å². The molecule has 3 rings (SSSR count). The normalized spacial score (nSPS) is 11.2. The highest BCUT2D eigenvalue weighted by Gasteiger charge is 2.15. The summed E-state index contributed by atoms with van der Waals surface area (Å²) < 4.78 is 6.75. The summed E-state index contributed by atoms with van der Waals surface area (Å²) in [6, 6.07) is 7.13. The Bertz CT molecular complexity index is 705. The van der Waals surface area contributed by atoms with E-state index in [-0.39, 0.29) is 0 Å². The predicted octanol–water partition coefficient (Wildman–Crippen LogP) is 4.45. The summed E-state index contributed by atoms with van der Waals surface area (Å²) in [5, 5.41) is 0. The van der Waals surface area contributed by atoms with Gasteiger partial charge in [0.15, 0.2) is 5.58 Å². The van der Waals surface area contributed by atoms with Crippen LogP contribution >= 0.6 is 34.5 Å². The lowest BCUT2D eigenvalue weighted by atomic mass is 10.3. The van der Waals surface area contributed by atoms with Crippen molar-refractivity contribution < 1.29 is 4.42 Å². The largest absolute Gasteiger partial charge is 0.436 e. The number of benzene rings is 1. The fourth-order valence-electron chi connectivity index (χ4n) is 1.57. The molecule has 0 atom stereocenters. The van der Waals surface area contributed by atoms with Crippen molar-refractivity contribution in [2.75, 3.05) is 5.73 Å². The average Bonchev–Trinajstić information content (AvgIpc) is 2.82. The Morgan fingerprint density at radius 1 is 1.29 bits per heavy atom. The van der Waals surface area contributed by atoms with Crippen LogP contribution in [-0.4, -0.2) is 4.98 Å². The molecule has 0 fully saturated rings. The minimum atomic E-state index is 0.436. The Morgan fingerprint density at radius 3 is 2.76 bits per heavy atom. The fourth-order valence-corrected chi connectivity index (χ4v) is 3.02.